The molecule has 0 fully saturated rings. The van der Waals surface area contributed by atoms with Crippen LogP contribution in [-0.4, -0.2) is 46.5 Å². The van der Waals surface area contributed by atoms with Crippen LogP contribution in [0.4, 0.5) is 10.3 Å². The van der Waals surface area contributed by atoms with Gasteiger partial charge in [-0.15, -0.1) is 33.3 Å². The Kier molecular flexibility index (Phi) is 5.59. The zero-order chi connectivity index (χ0) is 20.6. The number of carbonyl (C=O) groups is 1. The lowest BCUT2D eigenvalue weighted by atomic mass is 10.2. The molecule has 0 saturated carbocycles. The highest BCUT2D eigenvalue weighted by molar-refractivity contribution is 7.99. The first-order chi connectivity index (χ1) is 13.8. The van der Waals surface area contributed by atoms with Gasteiger partial charge in [-0.2, -0.15) is 0 Å². The molecule has 0 bridgehead atoms. The monoisotopic (exact) mass is 472 g/mol. The van der Waals surface area contributed by atoms with Crippen molar-refractivity contribution in [2.75, 3.05) is 22.0 Å². The molecule has 0 atom stereocenters. The lowest BCUT2D eigenvalue weighted by Gasteiger charge is -2.02. The van der Waals surface area contributed by atoms with E-state index >= 15 is 0 Å². The van der Waals surface area contributed by atoms with Crippen molar-refractivity contribution < 1.29 is 13.2 Å². The number of H-pyrrole nitrogens is 1. The first-order valence-corrected chi connectivity index (χ1v) is 13.2. The van der Waals surface area contributed by atoms with E-state index in [1.807, 2.05) is 0 Å². The first kappa shape index (κ1) is 20.3. The van der Waals surface area contributed by atoms with Crippen LogP contribution in [0, 0.1) is 0 Å². The van der Waals surface area contributed by atoms with Gasteiger partial charge < -0.3 is 4.98 Å². The number of aromatic nitrogens is 4. The van der Waals surface area contributed by atoms with Crippen molar-refractivity contribution in [3.8, 4) is 0 Å². The molecule has 3 N–H and O–H groups in total. The lowest BCUT2D eigenvalue weighted by Crippen LogP contribution is -2.15. The number of anilines is 2. The van der Waals surface area contributed by atoms with Gasteiger partial charge in [-0.1, -0.05) is 11.3 Å². The molecule has 1 aliphatic rings. The van der Waals surface area contributed by atoms with Crippen LogP contribution >= 0.6 is 34.4 Å². The summed E-state index contributed by atoms with van der Waals surface area (Å²) in [6.07, 6.45) is 4.03. The third kappa shape index (κ3) is 4.76. The summed E-state index contributed by atoms with van der Waals surface area (Å²) in [7, 11) is -3.45. The van der Waals surface area contributed by atoms with Crippen molar-refractivity contribution in [3.05, 3.63) is 26.6 Å². The van der Waals surface area contributed by atoms with E-state index in [-0.39, 0.29) is 27.5 Å². The highest BCUT2D eigenvalue weighted by atomic mass is 32.2. The summed E-state index contributed by atoms with van der Waals surface area (Å²) >= 11 is 3.80. The van der Waals surface area contributed by atoms with Gasteiger partial charge in [0.05, 0.1) is 23.1 Å². The SMILES string of the molecule is CS(=O)(=O)Nc1nnc(NC(=O)CSCc2nc3sc4c(c3c(=O)[nH]2)CCC4)s1. The molecular weight excluding hydrogens is 456 g/mol. The molecular formula is C15H16N6O4S4. The molecule has 1 aliphatic carbocycles. The van der Waals surface area contributed by atoms with E-state index in [1.54, 1.807) is 11.3 Å². The Labute approximate surface area is 177 Å². The number of thioether (sulfide) groups is 1. The summed E-state index contributed by atoms with van der Waals surface area (Å²) in [5, 5.41) is 10.9. The van der Waals surface area contributed by atoms with Gasteiger partial charge in [0.1, 0.15) is 10.7 Å². The van der Waals surface area contributed by atoms with E-state index < -0.39 is 10.0 Å². The number of nitrogens with zero attached hydrogens (tertiary/aromatic N) is 3. The van der Waals surface area contributed by atoms with Crippen LogP contribution in [0.1, 0.15) is 22.7 Å². The number of nitrogens with one attached hydrogen (secondary N) is 3. The molecule has 0 unspecified atom stereocenters. The summed E-state index contributed by atoms with van der Waals surface area (Å²) in [4.78, 5) is 33.8. The predicted octanol–water partition coefficient (Wildman–Crippen LogP) is 1.57. The van der Waals surface area contributed by atoms with Gasteiger partial charge in [-0.3, -0.25) is 19.6 Å². The van der Waals surface area contributed by atoms with E-state index in [0.29, 0.717) is 17.0 Å². The summed E-state index contributed by atoms with van der Waals surface area (Å²) in [6.45, 7) is 0. The lowest BCUT2D eigenvalue weighted by molar-refractivity contribution is -0.113. The third-order valence-electron chi connectivity index (χ3n) is 4.04. The molecule has 0 aliphatic heterocycles. The summed E-state index contributed by atoms with van der Waals surface area (Å²) in [5.41, 5.74) is 1.02. The molecule has 3 aromatic rings. The maximum atomic E-state index is 12.4. The number of sulfonamides is 1. The Morgan fingerprint density at radius 1 is 1.24 bits per heavy atom. The topological polar surface area (TPSA) is 147 Å². The Hall–Kier alpha value is -2.03. The first-order valence-electron chi connectivity index (χ1n) is 8.51. The normalized spacial score (nSPS) is 13.6. The molecule has 4 rings (SSSR count). The number of amides is 1. The molecule has 0 spiro atoms. The van der Waals surface area contributed by atoms with Crippen LogP contribution in [0.25, 0.3) is 10.2 Å². The second-order valence-corrected chi connectivity index (χ2v) is 11.2. The van der Waals surface area contributed by atoms with Gasteiger partial charge in [-0.25, -0.2) is 13.4 Å². The molecule has 3 heterocycles. The number of thiophene rings is 1. The fourth-order valence-electron chi connectivity index (χ4n) is 2.98. The van der Waals surface area contributed by atoms with Gasteiger partial charge in [0.15, 0.2) is 0 Å². The van der Waals surface area contributed by atoms with Crippen LogP contribution in [-0.2, 0) is 33.4 Å². The highest BCUT2D eigenvalue weighted by Crippen LogP contribution is 2.34. The second-order valence-electron chi connectivity index (χ2n) is 6.38. The van der Waals surface area contributed by atoms with Crippen molar-refractivity contribution in [1.29, 1.82) is 0 Å². The third-order valence-corrected chi connectivity index (χ3v) is 7.62. The maximum absolute atomic E-state index is 12.4. The van der Waals surface area contributed by atoms with Crippen LogP contribution in [0.5, 0.6) is 0 Å². The molecule has 0 radical (unpaired) electrons. The zero-order valence-electron chi connectivity index (χ0n) is 15.1. The number of carbonyl (C=O) groups excluding carboxylic acids is 1. The molecule has 10 nitrogen and oxygen atoms in total. The van der Waals surface area contributed by atoms with Gasteiger partial charge in [0, 0.05) is 4.88 Å². The minimum Gasteiger partial charge on any atom is -0.309 e. The van der Waals surface area contributed by atoms with E-state index in [0.717, 1.165) is 47.2 Å². The van der Waals surface area contributed by atoms with Crippen molar-refractivity contribution in [2.45, 2.75) is 25.0 Å². The number of rotatable bonds is 7. The standard InChI is InChI=1S/C15H16N6O4S4/c1-29(24,25)21-15-20-19-14(28-15)18-10(22)6-26-5-9-16-12(23)11-7-3-2-4-8(7)27-13(11)17-9/h2-6H2,1H3,(H,20,21)(H,16,17,23)(H,18,19,22). The number of aromatic amines is 1. The number of hydrogen-bond donors (Lipinski definition) is 3. The highest BCUT2D eigenvalue weighted by Gasteiger charge is 2.21. The number of aryl methyl sites for hydroxylation is 2. The molecule has 3 aromatic heterocycles. The molecule has 14 heteroatoms. The molecule has 1 amide bonds. The minimum atomic E-state index is -3.45. The average Bonchev–Trinajstić information content (AvgIpc) is 3.29. The molecule has 154 valence electrons. The van der Waals surface area contributed by atoms with E-state index in [4.69, 9.17) is 0 Å². The second kappa shape index (κ2) is 8.01. The zero-order valence-corrected chi connectivity index (χ0v) is 18.4. The summed E-state index contributed by atoms with van der Waals surface area (Å²) in [5.74, 6) is 0.737. The Morgan fingerprint density at radius 3 is 2.83 bits per heavy atom. The number of hydrogen-bond acceptors (Lipinski definition) is 10. The van der Waals surface area contributed by atoms with Crippen molar-refractivity contribution in [2.24, 2.45) is 0 Å². The predicted molar refractivity (Wildman–Crippen MR) is 115 cm³/mol. The van der Waals surface area contributed by atoms with Crippen LogP contribution in [0.15, 0.2) is 4.79 Å². The van der Waals surface area contributed by atoms with Gasteiger partial charge in [-0.05, 0) is 24.8 Å². The maximum Gasteiger partial charge on any atom is 0.259 e. The molecule has 29 heavy (non-hydrogen) atoms. The van der Waals surface area contributed by atoms with E-state index in [1.165, 1.54) is 16.6 Å². The van der Waals surface area contributed by atoms with Crippen molar-refractivity contribution in [3.63, 3.8) is 0 Å². The van der Waals surface area contributed by atoms with Crippen LogP contribution < -0.4 is 15.6 Å². The van der Waals surface area contributed by atoms with Gasteiger partial charge >= 0.3 is 0 Å². The summed E-state index contributed by atoms with van der Waals surface area (Å²) < 4.78 is 24.5. The molecule has 0 saturated heterocycles. The van der Waals surface area contributed by atoms with Crippen molar-refractivity contribution >= 4 is 70.8 Å². The van der Waals surface area contributed by atoms with Crippen molar-refractivity contribution in [1.82, 2.24) is 20.2 Å². The fraction of sp³-hybridized carbons (Fsp3) is 0.400. The minimum absolute atomic E-state index is 0.0772. The van der Waals surface area contributed by atoms with Crippen LogP contribution in [0.3, 0.4) is 0 Å². The quantitative estimate of drug-likeness (QED) is 0.469. The number of fused-ring (bicyclic) bond motifs is 3. The Morgan fingerprint density at radius 2 is 2.03 bits per heavy atom. The smallest absolute Gasteiger partial charge is 0.259 e. The summed E-state index contributed by atoms with van der Waals surface area (Å²) in [6, 6.07) is 0. The van der Waals surface area contributed by atoms with E-state index in [2.05, 4.69) is 30.2 Å². The fourth-order valence-corrected chi connectivity index (χ4v) is 6.45. The van der Waals surface area contributed by atoms with Crippen LogP contribution in [0.2, 0.25) is 0 Å². The largest absolute Gasteiger partial charge is 0.309 e. The van der Waals surface area contributed by atoms with E-state index in [9.17, 15) is 18.0 Å². The van der Waals surface area contributed by atoms with Gasteiger partial charge in [0.25, 0.3) is 5.56 Å². The average molecular weight is 473 g/mol. The van der Waals surface area contributed by atoms with Gasteiger partial charge in [0.2, 0.25) is 26.2 Å². The molecule has 0 aromatic carbocycles. The Bertz CT molecular complexity index is 1250. The Balaban J connectivity index is 1.33.